The Balaban J connectivity index is 2.08. The van der Waals surface area contributed by atoms with E-state index in [-0.39, 0.29) is 18.1 Å². The summed E-state index contributed by atoms with van der Waals surface area (Å²) in [4.78, 5) is 16.6. The SMILES string of the molecule is O=C(c1cccc(OCC(F)F)n1)N1CC[C@](O)(C(F)(F)F)C1. The van der Waals surface area contributed by atoms with Crippen LogP contribution in [-0.4, -0.2) is 58.8 Å². The molecule has 0 aliphatic carbocycles. The van der Waals surface area contributed by atoms with Crippen LogP contribution in [0.15, 0.2) is 18.2 Å². The zero-order valence-corrected chi connectivity index (χ0v) is 11.7. The highest BCUT2D eigenvalue weighted by molar-refractivity contribution is 5.92. The van der Waals surface area contributed by atoms with Crippen molar-refractivity contribution < 1.29 is 36.6 Å². The fraction of sp³-hybridized carbons (Fsp3) is 0.538. The van der Waals surface area contributed by atoms with Crippen molar-refractivity contribution in [1.82, 2.24) is 9.88 Å². The van der Waals surface area contributed by atoms with E-state index in [0.29, 0.717) is 0 Å². The smallest absolute Gasteiger partial charge is 0.419 e. The zero-order valence-electron chi connectivity index (χ0n) is 11.7. The largest absolute Gasteiger partial charge is 0.472 e. The minimum atomic E-state index is -4.85. The minimum Gasteiger partial charge on any atom is -0.472 e. The Labute approximate surface area is 127 Å². The number of ether oxygens (including phenoxy) is 1. The molecule has 1 aromatic rings. The van der Waals surface area contributed by atoms with Crippen LogP contribution in [0.5, 0.6) is 5.88 Å². The topological polar surface area (TPSA) is 62.7 Å². The van der Waals surface area contributed by atoms with E-state index in [0.717, 1.165) is 4.90 Å². The molecule has 1 aliphatic heterocycles. The third-order valence-corrected chi connectivity index (χ3v) is 3.36. The Morgan fingerprint density at radius 2 is 2.13 bits per heavy atom. The van der Waals surface area contributed by atoms with E-state index in [1.54, 1.807) is 0 Å². The lowest BCUT2D eigenvalue weighted by Gasteiger charge is -2.25. The Morgan fingerprint density at radius 3 is 2.70 bits per heavy atom. The van der Waals surface area contributed by atoms with Gasteiger partial charge in [-0.3, -0.25) is 4.79 Å². The quantitative estimate of drug-likeness (QED) is 0.850. The molecule has 2 rings (SSSR count). The summed E-state index contributed by atoms with van der Waals surface area (Å²) >= 11 is 0. The van der Waals surface area contributed by atoms with Crippen LogP contribution in [0.2, 0.25) is 0 Å². The van der Waals surface area contributed by atoms with Gasteiger partial charge in [-0.05, 0) is 6.07 Å². The lowest BCUT2D eigenvalue weighted by molar-refractivity contribution is -0.253. The van der Waals surface area contributed by atoms with Crippen LogP contribution in [0.4, 0.5) is 22.0 Å². The Bertz CT molecular complexity index is 581. The summed E-state index contributed by atoms with van der Waals surface area (Å²) < 4.78 is 67.0. The van der Waals surface area contributed by atoms with Crippen molar-refractivity contribution in [1.29, 1.82) is 0 Å². The van der Waals surface area contributed by atoms with Gasteiger partial charge in [0.05, 0.1) is 6.54 Å². The predicted molar refractivity (Wildman–Crippen MR) is 67.3 cm³/mol. The molecule has 1 aliphatic rings. The number of β-amino-alcohol motifs (C(OH)–C–C–N with tert-alkyl or cyclic N) is 1. The highest BCUT2D eigenvalue weighted by Gasteiger charge is 2.57. The molecule has 1 atom stereocenters. The predicted octanol–water partition coefficient (Wildman–Crippen LogP) is 1.86. The lowest BCUT2D eigenvalue weighted by atomic mass is 10.0. The van der Waals surface area contributed by atoms with Gasteiger partial charge in [-0.2, -0.15) is 13.2 Å². The average Bonchev–Trinajstić information content (AvgIpc) is 2.88. The second-order valence-electron chi connectivity index (χ2n) is 5.07. The number of carbonyl (C=O) groups is 1. The van der Waals surface area contributed by atoms with Crippen molar-refractivity contribution in [3.8, 4) is 5.88 Å². The number of rotatable bonds is 4. The molecule has 1 fully saturated rings. The molecule has 23 heavy (non-hydrogen) atoms. The first-order valence-corrected chi connectivity index (χ1v) is 6.59. The number of nitrogens with zero attached hydrogens (tertiary/aromatic N) is 2. The number of carbonyl (C=O) groups excluding carboxylic acids is 1. The maximum atomic E-state index is 12.7. The first kappa shape index (κ1) is 17.4. The van der Waals surface area contributed by atoms with Gasteiger partial charge in [0, 0.05) is 19.0 Å². The van der Waals surface area contributed by atoms with Gasteiger partial charge in [-0.25, -0.2) is 13.8 Å². The number of pyridine rings is 1. The maximum absolute atomic E-state index is 12.7. The van der Waals surface area contributed by atoms with Crippen LogP contribution in [0.25, 0.3) is 0 Å². The molecule has 0 spiro atoms. The van der Waals surface area contributed by atoms with Gasteiger partial charge in [0.15, 0.2) is 12.2 Å². The highest BCUT2D eigenvalue weighted by atomic mass is 19.4. The fourth-order valence-electron chi connectivity index (χ4n) is 2.12. The summed E-state index contributed by atoms with van der Waals surface area (Å²) in [6.07, 6.45) is -8.21. The van der Waals surface area contributed by atoms with Crippen molar-refractivity contribution in [2.24, 2.45) is 0 Å². The molecule has 0 saturated carbocycles. The minimum absolute atomic E-state index is 0.235. The van der Waals surface area contributed by atoms with Crippen molar-refractivity contribution in [2.45, 2.75) is 24.6 Å². The average molecular weight is 340 g/mol. The molecule has 128 valence electrons. The van der Waals surface area contributed by atoms with E-state index in [1.165, 1.54) is 18.2 Å². The number of amides is 1. The van der Waals surface area contributed by atoms with Crippen LogP contribution in [-0.2, 0) is 0 Å². The van der Waals surface area contributed by atoms with Crippen LogP contribution in [0, 0.1) is 0 Å². The van der Waals surface area contributed by atoms with Crippen molar-refractivity contribution in [2.75, 3.05) is 19.7 Å². The molecular weight excluding hydrogens is 327 g/mol. The molecule has 1 saturated heterocycles. The van der Waals surface area contributed by atoms with Gasteiger partial charge in [0.1, 0.15) is 5.69 Å². The normalized spacial score (nSPS) is 21.8. The molecule has 0 radical (unpaired) electrons. The third-order valence-electron chi connectivity index (χ3n) is 3.36. The van der Waals surface area contributed by atoms with Crippen LogP contribution in [0.1, 0.15) is 16.9 Å². The third kappa shape index (κ3) is 3.87. The molecule has 1 aromatic heterocycles. The van der Waals surface area contributed by atoms with E-state index < -0.39 is 43.7 Å². The number of halogens is 5. The molecule has 5 nitrogen and oxygen atoms in total. The molecule has 0 unspecified atom stereocenters. The number of hydrogen-bond donors (Lipinski definition) is 1. The van der Waals surface area contributed by atoms with Crippen molar-refractivity contribution in [3.63, 3.8) is 0 Å². The van der Waals surface area contributed by atoms with Gasteiger partial charge in [-0.15, -0.1) is 0 Å². The molecule has 1 N–H and O–H groups in total. The van der Waals surface area contributed by atoms with Crippen LogP contribution in [0.3, 0.4) is 0 Å². The second kappa shape index (κ2) is 6.26. The van der Waals surface area contributed by atoms with Gasteiger partial charge in [0.25, 0.3) is 12.3 Å². The monoisotopic (exact) mass is 340 g/mol. The van der Waals surface area contributed by atoms with E-state index in [4.69, 9.17) is 0 Å². The summed E-state index contributed by atoms with van der Waals surface area (Å²) in [5.41, 5.74) is -3.20. The number of aliphatic hydroxyl groups is 1. The maximum Gasteiger partial charge on any atom is 0.419 e. The molecular formula is C13H13F5N2O3. The molecule has 0 aromatic carbocycles. The van der Waals surface area contributed by atoms with Gasteiger partial charge in [0.2, 0.25) is 5.88 Å². The van der Waals surface area contributed by atoms with E-state index >= 15 is 0 Å². The highest BCUT2D eigenvalue weighted by Crippen LogP contribution is 2.37. The number of likely N-dealkylation sites (tertiary alicyclic amines) is 1. The van der Waals surface area contributed by atoms with Crippen molar-refractivity contribution in [3.05, 3.63) is 23.9 Å². The lowest BCUT2D eigenvalue weighted by Crippen LogP contribution is -2.48. The fourth-order valence-corrected chi connectivity index (χ4v) is 2.12. The molecule has 2 heterocycles. The van der Waals surface area contributed by atoms with Crippen LogP contribution < -0.4 is 4.74 Å². The standard InChI is InChI=1S/C13H13F5N2O3/c14-9(15)6-23-10-3-1-2-8(19-10)11(21)20-5-4-12(22,7-20)13(16,17)18/h1-3,9,22H,4-7H2/t12-/m1/s1. The second-order valence-corrected chi connectivity index (χ2v) is 5.07. The first-order valence-electron chi connectivity index (χ1n) is 6.59. The summed E-state index contributed by atoms with van der Waals surface area (Å²) in [6.45, 7) is -2.11. The van der Waals surface area contributed by atoms with Gasteiger partial charge in [-0.1, -0.05) is 6.07 Å². The Morgan fingerprint density at radius 1 is 1.43 bits per heavy atom. The van der Waals surface area contributed by atoms with E-state index in [1.807, 2.05) is 0 Å². The Hall–Kier alpha value is -1.97. The Kier molecular flexibility index (Phi) is 4.73. The number of hydrogen-bond acceptors (Lipinski definition) is 4. The van der Waals surface area contributed by atoms with Crippen LogP contribution >= 0.6 is 0 Å². The van der Waals surface area contributed by atoms with Gasteiger partial charge >= 0.3 is 6.18 Å². The van der Waals surface area contributed by atoms with Gasteiger partial charge < -0.3 is 14.7 Å². The van der Waals surface area contributed by atoms with E-state index in [2.05, 4.69) is 9.72 Å². The zero-order chi connectivity index (χ0) is 17.3. The van der Waals surface area contributed by atoms with Crippen molar-refractivity contribution >= 4 is 5.91 Å². The molecule has 1 amide bonds. The number of aromatic nitrogens is 1. The summed E-state index contributed by atoms with van der Waals surface area (Å²) in [5, 5.41) is 9.55. The molecule has 10 heteroatoms. The first-order chi connectivity index (χ1) is 10.6. The molecule has 0 bridgehead atoms. The summed E-state index contributed by atoms with van der Waals surface area (Å²) in [5.74, 6) is -1.07. The summed E-state index contributed by atoms with van der Waals surface area (Å²) in [6, 6.07) is 3.78. The summed E-state index contributed by atoms with van der Waals surface area (Å²) in [7, 11) is 0. The van der Waals surface area contributed by atoms with E-state index in [9.17, 15) is 31.9 Å². The number of alkyl halides is 5.